The number of aromatic nitrogens is 1. The van der Waals surface area contributed by atoms with E-state index in [9.17, 15) is 4.79 Å². The number of aliphatic hydroxyl groups excluding tert-OH is 1. The van der Waals surface area contributed by atoms with Gasteiger partial charge in [-0.1, -0.05) is 0 Å². The van der Waals surface area contributed by atoms with Crippen LogP contribution in [-0.2, 0) is 0 Å². The third-order valence-corrected chi connectivity index (χ3v) is 1.91. The Balaban J connectivity index is 2.49. The van der Waals surface area contributed by atoms with E-state index < -0.39 is 6.10 Å². The molecule has 0 radical (unpaired) electrons. The number of carbonyl (C=O) groups excluding carboxylic acids is 1. The van der Waals surface area contributed by atoms with Crippen molar-refractivity contribution in [2.75, 3.05) is 6.54 Å². The monoisotopic (exact) mass is 246 g/mol. The maximum Gasteiger partial charge on any atom is 0.267 e. The molecule has 1 rings (SSSR count). The number of aliphatic hydroxyl groups is 1. The van der Waals surface area contributed by atoms with Crippen LogP contribution in [0, 0.1) is 0 Å². The highest BCUT2D eigenvalue weighted by Crippen LogP contribution is 2.09. The Bertz CT molecular complexity index is 296. The second-order valence-corrected chi connectivity index (χ2v) is 3.71. The normalized spacial score (nSPS) is 12.5. The zero-order chi connectivity index (χ0) is 9.84. The summed E-state index contributed by atoms with van der Waals surface area (Å²) in [6.07, 6.45) is 1.15. The van der Waals surface area contributed by atoms with Crippen LogP contribution in [0.1, 0.15) is 17.4 Å². The fourth-order valence-corrected chi connectivity index (χ4v) is 1.18. The van der Waals surface area contributed by atoms with Gasteiger partial charge in [0.05, 0.1) is 6.10 Å². The first-order chi connectivity index (χ1) is 6.09. The van der Waals surface area contributed by atoms with Gasteiger partial charge in [-0.2, -0.15) is 0 Å². The summed E-state index contributed by atoms with van der Waals surface area (Å²) in [6, 6.07) is 1.68. The van der Waals surface area contributed by atoms with E-state index in [0.29, 0.717) is 5.69 Å². The fourth-order valence-electron chi connectivity index (χ4n) is 0.835. The van der Waals surface area contributed by atoms with E-state index in [-0.39, 0.29) is 12.5 Å². The first kappa shape index (κ1) is 10.3. The van der Waals surface area contributed by atoms with Crippen molar-refractivity contribution in [1.82, 2.24) is 10.3 Å². The lowest BCUT2D eigenvalue weighted by Gasteiger charge is -2.04. The van der Waals surface area contributed by atoms with Gasteiger partial charge in [0.15, 0.2) is 0 Å². The van der Waals surface area contributed by atoms with E-state index in [1.54, 1.807) is 19.2 Å². The molecular weight excluding hydrogens is 236 g/mol. The molecule has 72 valence electrons. The Morgan fingerprint density at radius 1 is 1.85 bits per heavy atom. The maximum absolute atomic E-state index is 11.3. The summed E-state index contributed by atoms with van der Waals surface area (Å²) in [7, 11) is 0. The van der Waals surface area contributed by atoms with Gasteiger partial charge in [-0.25, -0.2) is 0 Å². The second-order valence-electron chi connectivity index (χ2n) is 2.79. The summed E-state index contributed by atoms with van der Waals surface area (Å²) in [5, 5.41) is 11.5. The second kappa shape index (κ2) is 4.43. The number of rotatable bonds is 3. The standard InChI is InChI=1S/C8H11BrN2O2/c1-5(12)3-11-8(13)7-2-6(9)4-10-7/h2,4-5,10,12H,3H2,1H3,(H,11,13). The van der Waals surface area contributed by atoms with E-state index in [0.717, 1.165) is 4.47 Å². The quantitative estimate of drug-likeness (QED) is 0.742. The average Bonchev–Trinajstić information content (AvgIpc) is 2.47. The molecule has 1 unspecified atom stereocenters. The summed E-state index contributed by atoms with van der Waals surface area (Å²) in [5.41, 5.74) is 0.479. The number of aromatic amines is 1. The number of H-pyrrole nitrogens is 1. The van der Waals surface area contributed by atoms with Crippen LogP contribution in [0.2, 0.25) is 0 Å². The van der Waals surface area contributed by atoms with Gasteiger partial charge in [-0.3, -0.25) is 4.79 Å². The van der Waals surface area contributed by atoms with E-state index in [1.165, 1.54) is 0 Å². The molecule has 1 atom stereocenters. The lowest BCUT2D eigenvalue weighted by molar-refractivity contribution is 0.0919. The number of halogens is 1. The molecule has 0 aliphatic carbocycles. The highest BCUT2D eigenvalue weighted by Gasteiger charge is 2.07. The Hall–Kier alpha value is -0.810. The predicted molar refractivity (Wildman–Crippen MR) is 52.5 cm³/mol. The average molecular weight is 247 g/mol. The predicted octanol–water partition coefficient (Wildman–Crippen LogP) is 0.888. The number of amides is 1. The molecular formula is C8H11BrN2O2. The van der Waals surface area contributed by atoms with Gasteiger partial charge in [-0.15, -0.1) is 0 Å². The Morgan fingerprint density at radius 2 is 2.54 bits per heavy atom. The molecule has 1 heterocycles. The molecule has 0 fully saturated rings. The molecule has 3 N–H and O–H groups in total. The first-order valence-corrected chi connectivity index (χ1v) is 4.69. The van der Waals surface area contributed by atoms with Crippen molar-refractivity contribution in [3.05, 3.63) is 22.4 Å². The largest absolute Gasteiger partial charge is 0.392 e. The Labute approximate surface area is 84.5 Å². The van der Waals surface area contributed by atoms with Gasteiger partial charge >= 0.3 is 0 Å². The summed E-state index contributed by atoms with van der Waals surface area (Å²) in [6.45, 7) is 1.88. The van der Waals surface area contributed by atoms with Crippen LogP contribution in [0.25, 0.3) is 0 Å². The van der Waals surface area contributed by atoms with Crippen LogP contribution in [0.5, 0.6) is 0 Å². The molecule has 0 aromatic carbocycles. The molecule has 0 bridgehead atoms. The van der Waals surface area contributed by atoms with Crippen molar-refractivity contribution in [2.24, 2.45) is 0 Å². The van der Waals surface area contributed by atoms with Crippen LogP contribution in [0.3, 0.4) is 0 Å². The number of nitrogens with one attached hydrogen (secondary N) is 2. The Kier molecular flexibility index (Phi) is 3.50. The van der Waals surface area contributed by atoms with Gasteiger partial charge in [0.2, 0.25) is 0 Å². The molecule has 1 aromatic rings. The molecule has 0 aliphatic rings. The summed E-state index contributed by atoms with van der Waals surface area (Å²) >= 11 is 3.22. The van der Waals surface area contributed by atoms with Gasteiger partial charge in [0.1, 0.15) is 5.69 Å². The molecule has 0 aliphatic heterocycles. The van der Waals surface area contributed by atoms with E-state index in [4.69, 9.17) is 5.11 Å². The number of hydrogen-bond donors (Lipinski definition) is 3. The third kappa shape index (κ3) is 3.20. The minimum absolute atomic E-state index is 0.216. The van der Waals surface area contributed by atoms with Gasteiger partial charge < -0.3 is 15.4 Å². The summed E-state index contributed by atoms with van der Waals surface area (Å²) in [4.78, 5) is 14.1. The molecule has 0 saturated carbocycles. The van der Waals surface area contributed by atoms with Gasteiger partial charge in [0, 0.05) is 17.2 Å². The van der Waals surface area contributed by atoms with Crippen molar-refractivity contribution in [2.45, 2.75) is 13.0 Å². The fraction of sp³-hybridized carbons (Fsp3) is 0.375. The lowest BCUT2D eigenvalue weighted by Crippen LogP contribution is -2.30. The SMILES string of the molecule is CC(O)CNC(=O)c1cc(Br)c[nH]1. The molecule has 13 heavy (non-hydrogen) atoms. The van der Waals surface area contributed by atoms with Crippen LogP contribution >= 0.6 is 15.9 Å². The van der Waals surface area contributed by atoms with Crippen molar-refractivity contribution in [3.63, 3.8) is 0 Å². The zero-order valence-corrected chi connectivity index (χ0v) is 8.76. The smallest absolute Gasteiger partial charge is 0.267 e. The van der Waals surface area contributed by atoms with Crippen LogP contribution in [-0.4, -0.2) is 28.6 Å². The maximum atomic E-state index is 11.3. The molecule has 0 spiro atoms. The molecule has 5 heteroatoms. The minimum Gasteiger partial charge on any atom is -0.392 e. The highest BCUT2D eigenvalue weighted by atomic mass is 79.9. The van der Waals surface area contributed by atoms with Crippen LogP contribution in [0.15, 0.2) is 16.7 Å². The molecule has 0 saturated heterocycles. The highest BCUT2D eigenvalue weighted by molar-refractivity contribution is 9.10. The molecule has 1 aromatic heterocycles. The van der Waals surface area contributed by atoms with E-state index >= 15 is 0 Å². The molecule has 4 nitrogen and oxygen atoms in total. The van der Waals surface area contributed by atoms with Crippen molar-refractivity contribution < 1.29 is 9.90 Å². The van der Waals surface area contributed by atoms with E-state index in [2.05, 4.69) is 26.2 Å². The van der Waals surface area contributed by atoms with Crippen LogP contribution in [0.4, 0.5) is 0 Å². The van der Waals surface area contributed by atoms with Crippen molar-refractivity contribution in [1.29, 1.82) is 0 Å². The summed E-state index contributed by atoms with van der Waals surface area (Å²) < 4.78 is 0.828. The minimum atomic E-state index is -0.526. The first-order valence-electron chi connectivity index (χ1n) is 3.90. The lowest BCUT2D eigenvalue weighted by atomic mass is 10.3. The number of carbonyl (C=O) groups is 1. The number of hydrogen-bond acceptors (Lipinski definition) is 2. The van der Waals surface area contributed by atoms with Gasteiger partial charge in [0.25, 0.3) is 5.91 Å². The van der Waals surface area contributed by atoms with Crippen molar-refractivity contribution in [3.8, 4) is 0 Å². The van der Waals surface area contributed by atoms with Crippen LogP contribution < -0.4 is 5.32 Å². The Morgan fingerprint density at radius 3 is 3.00 bits per heavy atom. The topological polar surface area (TPSA) is 65.1 Å². The van der Waals surface area contributed by atoms with Crippen molar-refractivity contribution >= 4 is 21.8 Å². The van der Waals surface area contributed by atoms with E-state index in [1.807, 2.05) is 0 Å². The zero-order valence-electron chi connectivity index (χ0n) is 7.17. The summed E-state index contributed by atoms with van der Waals surface area (Å²) in [5.74, 6) is -0.216. The van der Waals surface area contributed by atoms with Gasteiger partial charge in [-0.05, 0) is 28.9 Å². The molecule has 1 amide bonds. The third-order valence-electron chi connectivity index (χ3n) is 1.45.